The van der Waals surface area contributed by atoms with Crippen molar-refractivity contribution in [1.29, 1.82) is 0 Å². The summed E-state index contributed by atoms with van der Waals surface area (Å²) in [5.41, 5.74) is 1.73. The summed E-state index contributed by atoms with van der Waals surface area (Å²) in [4.78, 5) is 13.7. The van der Waals surface area contributed by atoms with Gasteiger partial charge in [-0.2, -0.15) is 0 Å². The van der Waals surface area contributed by atoms with Gasteiger partial charge in [0, 0.05) is 23.8 Å². The minimum Gasteiger partial charge on any atom is -0.325 e. The van der Waals surface area contributed by atoms with Crippen molar-refractivity contribution in [2.75, 3.05) is 39.0 Å². The highest BCUT2D eigenvalue weighted by Gasteiger charge is 2.03. The van der Waals surface area contributed by atoms with Gasteiger partial charge in [0.25, 0.3) is 0 Å². The summed E-state index contributed by atoms with van der Waals surface area (Å²) in [5.74, 6) is -0.0614. The summed E-state index contributed by atoms with van der Waals surface area (Å²) in [5, 5.41) is 6.54. The second-order valence-electron chi connectivity index (χ2n) is 4.49. The van der Waals surface area contributed by atoms with Crippen LogP contribution in [0.5, 0.6) is 0 Å². The van der Waals surface area contributed by atoms with Crippen molar-refractivity contribution in [1.82, 2.24) is 10.2 Å². The number of halogens is 1. The standard InChI is InChI=1S/C13H20ClN3O/c1-10-4-5-11(8-12(10)14)16-13(18)9-15-6-7-17(2)3/h4-5,8,15H,6-7,9H2,1-3H3,(H,16,18). The van der Waals surface area contributed by atoms with E-state index in [1.807, 2.05) is 33.2 Å². The van der Waals surface area contributed by atoms with Crippen molar-refractivity contribution in [3.63, 3.8) is 0 Å². The lowest BCUT2D eigenvalue weighted by atomic mass is 10.2. The molecule has 0 saturated carbocycles. The molecule has 0 atom stereocenters. The molecule has 100 valence electrons. The van der Waals surface area contributed by atoms with E-state index in [2.05, 4.69) is 15.5 Å². The molecule has 2 N–H and O–H groups in total. The zero-order valence-electron chi connectivity index (χ0n) is 11.1. The monoisotopic (exact) mass is 269 g/mol. The van der Waals surface area contributed by atoms with Crippen molar-refractivity contribution in [2.45, 2.75) is 6.92 Å². The number of nitrogens with one attached hydrogen (secondary N) is 2. The van der Waals surface area contributed by atoms with Crippen LogP contribution in [0.25, 0.3) is 0 Å². The molecule has 0 aliphatic heterocycles. The molecule has 1 amide bonds. The molecule has 1 rings (SSSR count). The van der Waals surface area contributed by atoms with Crippen LogP contribution in [0.15, 0.2) is 18.2 Å². The Hall–Kier alpha value is -1.10. The molecule has 0 bridgehead atoms. The van der Waals surface area contributed by atoms with E-state index in [9.17, 15) is 4.79 Å². The van der Waals surface area contributed by atoms with E-state index in [0.717, 1.165) is 24.3 Å². The number of carbonyl (C=O) groups is 1. The highest BCUT2D eigenvalue weighted by Crippen LogP contribution is 2.19. The molecule has 0 fully saturated rings. The zero-order chi connectivity index (χ0) is 13.5. The lowest BCUT2D eigenvalue weighted by Gasteiger charge is -2.11. The number of aryl methyl sites for hydroxylation is 1. The molecule has 0 aliphatic rings. The van der Waals surface area contributed by atoms with Gasteiger partial charge in [-0.3, -0.25) is 4.79 Å². The predicted molar refractivity (Wildman–Crippen MR) is 76.2 cm³/mol. The second-order valence-corrected chi connectivity index (χ2v) is 4.90. The topological polar surface area (TPSA) is 44.4 Å². The van der Waals surface area contributed by atoms with Gasteiger partial charge in [0.1, 0.15) is 0 Å². The molecule has 5 heteroatoms. The van der Waals surface area contributed by atoms with Crippen LogP contribution in [0.3, 0.4) is 0 Å². The Morgan fingerprint density at radius 1 is 1.39 bits per heavy atom. The Kier molecular flexibility index (Phi) is 6.12. The smallest absolute Gasteiger partial charge is 0.238 e. The SMILES string of the molecule is Cc1ccc(NC(=O)CNCCN(C)C)cc1Cl. The van der Waals surface area contributed by atoms with Crippen LogP contribution < -0.4 is 10.6 Å². The number of benzene rings is 1. The maximum atomic E-state index is 11.6. The van der Waals surface area contributed by atoms with Crippen LogP contribution in [0.2, 0.25) is 5.02 Å². The van der Waals surface area contributed by atoms with Crippen LogP contribution in [-0.2, 0) is 4.79 Å². The second kappa shape index (κ2) is 7.36. The molecule has 0 aromatic heterocycles. The van der Waals surface area contributed by atoms with Gasteiger partial charge in [0.15, 0.2) is 0 Å². The third-order valence-corrected chi connectivity index (χ3v) is 2.88. The Bertz CT molecular complexity index is 407. The minimum atomic E-state index is -0.0614. The Morgan fingerprint density at radius 2 is 2.11 bits per heavy atom. The number of rotatable bonds is 6. The van der Waals surface area contributed by atoms with E-state index in [1.54, 1.807) is 6.07 Å². The van der Waals surface area contributed by atoms with Gasteiger partial charge in [0.2, 0.25) is 5.91 Å². The van der Waals surface area contributed by atoms with Crippen molar-refractivity contribution >= 4 is 23.2 Å². The van der Waals surface area contributed by atoms with Crippen LogP contribution in [0, 0.1) is 6.92 Å². The Balaban J connectivity index is 2.33. The van der Waals surface area contributed by atoms with Gasteiger partial charge < -0.3 is 15.5 Å². The molecule has 0 radical (unpaired) electrons. The Labute approximate surface area is 113 Å². The van der Waals surface area contributed by atoms with E-state index in [1.165, 1.54) is 0 Å². The van der Waals surface area contributed by atoms with Crippen LogP contribution in [-0.4, -0.2) is 44.5 Å². The first-order valence-electron chi connectivity index (χ1n) is 5.90. The number of anilines is 1. The molecule has 1 aromatic rings. The molecule has 0 saturated heterocycles. The van der Waals surface area contributed by atoms with Crippen LogP contribution in [0.4, 0.5) is 5.69 Å². The summed E-state index contributed by atoms with van der Waals surface area (Å²) in [6, 6.07) is 5.49. The third-order valence-electron chi connectivity index (χ3n) is 2.48. The predicted octanol–water partition coefficient (Wildman–Crippen LogP) is 1.74. The number of carbonyl (C=O) groups excluding carboxylic acids is 1. The highest BCUT2D eigenvalue weighted by atomic mass is 35.5. The van der Waals surface area contributed by atoms with Gasteiger partial charge in [0.05, 0.1) is 6.54 Å². The highest BCUT2D eigenvalue weighted by molar-refractivity contribution is 6.31. The summed E-state index contributed by atoms with van der Waals surface area (Å²) >= 11 is 5.99. The minimum absolute atomic E-state index is 0.0614. The fourth-order valence-electron chi connectivity index (χ4n) is 1.38. The summed E-state index contributed by atoms with van der Waals surface area (Å²) < 4.78 is 0. The molecular weight excluding hydrogens is 250 g/mol. The first-order chi connectivity index (χ1) is 8.49. The molecule has 0 aliphatic carbocycles. The number of amides is 1. The van der Waals surface area contributed by atoms with E-state index in [4.69, 9.17) is 11.6 Å². The Morgan fingerprint density at radius 3 is 2.72 bits per heavy atom. The van der Waals surface area contributed by atoms with Crippen molar-refractivity contribution in [2.24, 2.45) is 0 Å². The van der Waals surface area contributed by atoms with Gasteiger partial charge in [-0.15, -0.1) is 0 Å². The number of nitrogens with zero attached hydrogens (tertiary/aromatic N) is 1. The van der Waals surface area contributed by atoms with Gasteiger partial charge >= 0.3 is 0 Å². The lowest BCUT2D eigenvalue weighted by molar-refractivity contribution is -0.115. The molecule has 0 unspecified atom stereocenters. The van der Waals surface area contributed by atoms with Crippen LogP contribution in [0.1, 0.15) is 5.56 Å². The summed E-state index contributed by atoms with van der Waals surface area (Å²) in [7, 11) is 3.99. The largest absolute Gasteiger partial charge is 0.325 e. The van der Waals surface area contributed by atoms with Gasteiger partial charge in [-0.1, -0.05) is 17.7 Å². The first kappa shape index (κ1) is 15.0. The maximum absolute atomic E-state index is 11.6. The maximum Gasteiger partial charge on any atom is 0.238 e. The van der Waals surface area contributed by atoms with E-state index in [-0.39, 0.29) is 5.91 Å². The molecule has 4 nitrogen and oxygen atoms in total. The third kappa shape index (κ3) is 5.49. The zero-order valence-corrected chi connectivity index (χ0v) is 11.8. The first-order valence-corrected chi connectivity index (χ1v) is 6.28. The van der Waals surface area contributed by atoms with Crippen molar-refractivity contribution in [3.05, 3.63) is 28.8 Å². The van der Waals surface area contributed by atoms with Crippen molar-refractivity contribution in [3.8, 4) is 0 Å². The molecule has 1 aromatic carbocycles. The van der Waals surface area contributed by atoms with E-state index in [0.29, 0.717) is 11.6 Å². The summed E-state index contributed by atoms with van der Waals surface area (Å²) in [6.45, 7) is 3.93. The number of hydrogen-bond acceptors (Lipinski definition) is 3. The quantitative estimate of drug-likeness (QED) is 0.774. The molecule has 18 heavy (non-hydrogen) atoms. The average molecular weight is 270 g/mol. The normalized spacial score (nSPS) is 10.7. The molecule has 0 heterocycles. The van der Waals surface area contributed by atoms with Gasteiger partial charge in [-0.05, 0) is 38.7 Å². The molecular formula is C13H20ClN3O. The fraction of sp³-hybridized carbons (Fsp3) is 0.462. The lowest BCUT2D eigenvalue weighted by Crippen LogP contribution is -2.33. The fourth-order valence-corrected chi connectivity index (χ4v) is 1.56. The number of likely N-dealkylation sites (N-methyl/N-ethyl adjacent to an activating group) is 1. The average Bonchev–Trinajstić information content (AvgIpc) is 2.29. The van der Waals surface area contributed by atoms with Crippen molar-refractivity contribution < 1.29 is 4.79 Å². The molecule has 0 spiro atoms. The van der Waals surface area contributed by atoms with E-state index < -0.39 is 0 Å². The van der Waals surface area contributed by atoms with E-state index >= 15 is 0 Å². The number of hydrogen-bond donors (Lipinski definition) is 2. The summed E-state index contributed by atoms with van der Waals surface area (Å²) in [6.07, 6.45) is 0. The van der Waals surface area contributed by atoms with Crippen LogP contribution >= 0.6 is 11.6 Å². The van der Waals surface area contributed by atoms with Gasteiger partial charge in [-0.25, -0.2) is 0 Å².